The van der Waals surface area contributed by atoms with Crippen molar-refractivity contribution in [2.45, 2.75) is 25.2 Å². The van der Waals surface area contributed by atoms with E-state index < -0.39 is 11.4 Å². The Kier molecular flexibility index (Phi) is 7.41. The lowest BCUT2D eigenvalue weighted by atomic mass is 9.72. The monoisotopic (exact) mass is 425 g/mol. The van der Waals surface area contributed by atoms with Crippen LogP contribution in [0.4, 0.5) is 5.69 Å². The van der Waals surface area contributed by atoms with Gasteiger partial charge < -0.3 is 19.7 Å². The van der Waals surface area contributed by atoms with Crippen LogP contribution >= 0.6 is 0 Å². The Labute approximate surface area is 182 Å². The molecule has 0 unspecified atom stereocenters. The minimum Gasteiger partial charge on any atom is -0.465 e. The van der Waals surface area contributed by atoms with Gasteiger partial charge in [0.1, 0.15) is 5.41 Å². The highest BCUT2D eigenvalue weighted by Gasteiger charge is 2.46. The number of carbonyl (C=O) groups excluding carboxylic acids is 3. The molecule has 0 spiro atoms. The van der Waals surface area contributed by atoms with Gasteiger partial charge >= 0.3 is 11.9 Å². The van der Waals surface area contributed by atoms with Crippen molar-refractivity contribution in [3.05, 3.63) is 65.7 Å². The number of quaternary nitrogens is 1. The van der Waals surface area contributed by atoms with Crippen LogP contribution in [0.25, 0.3) is 0 Å². The topological polar surface area (TPSA) is 86.1 Å². The van der Waals surface area contributed by atoms with E-state index in [-0.39, 0.29) is 11.9 Å². The third-order valence-electron chi connectivity index (χ3n) is 5.80. The molecule has 0 radical (unpaired) electrons. The van der Waals surface area contributed by atoms with Crippen molar-refractivity contribution in [1.82, 2.24) is 0 Å². The SMILES string of the molecule is CCOC(=O)C1(c2ccccc2)CC[NH+](CC(=O)Nc2ccc(C(=O)OC)cc2)CC1. The van der Waals surface area contributed by atoms with Gasteiger partial charge in [0.25, 0.3) is 5.91 Å². The third-order valence-corrected chi connectivity index (χ3v) is 5.80. The van der Waals surface area contributed by atoms with Gasteiger partial charge in [-0.1, -0.05) is 30.3 Å². The second kappa shape index (κ2) is 10.2. The van der Waals surface area contributed by atoms with Crippen molar-refractivity contribution < 1.29 is 28.8 Å². The molecule has 2 N–H and O–H groups in total. The average Bonchev–Trinajstić information content (AvgIpc) is 2.80. The lowest BCUT2D eigenvalue weighted by Crippen LogP contribution is -3.14. The number of ether oxygens (including phenoxy) is 2. The molecule has 164 valence electrons. The summed E-state index contributed by atoms with van der Waals surface area (Å²) >= 11 is 0. The quantitative estimate of drug-likeness (QED) is 0.658. The molecule has 7 heteroatoms. The highest BCUT2D eigenvalue weighted by molar-refractivity contribution is 5.93. The summed E-state index contributed by atoms with van der Waals surface area (Å²) < 4.78 is 10.1. The molecule has 1 heterocycles. The first-order valence-electron chi connectivity index (χ1n) is 10.5. The van der Waals surface area contributed by atoms with E-state index in [4.69, 9.17) is 4.74 Å². The van der Waals surface area contributed by atoms with E-state index in [1.807, 2.05) is 37.3 Å². The predicted molar refractivity (Wildman–Crippen MR) is 116 cm³/mol. The number of hydrogen-bond acceptors (Lipinski definition) is 5. The first kappa shape index (κ1) is 22.5. The molecule has 2 aromatic carbocycles. The molecule has 1 fully saturated rings. The highest BCUT2D eigenvalue weighted by Crippen LogP contribution is 2.34. The van der Waals surface area contributed by atoms with Crippen LogP contribution in [0.1, 0.15) is 35.7 Å². The Morgan fingerprint density at radius 1 is 1.00 bits per heavy atom. The molecule has 1 amide bonds. The van der Waals surface area contributed by atoms with E-state index in [1.54, 1.807) is 24.3 Å². The lowest BCUT2D eigenvalue weighted by molar-refractivity contribution is -0.898. The summed E-state index contributed by atoms with van der Waals surface area (Å²) in [4.78, 5) is 38.0. The van der Waals surface area contributed by atoms with Crippen molar-refractivity contribution in [3.63, 3.8) is 0 Å². The largest absolute Gasteiger partial charge is 0.465 e. The molecule has 1 aliphatic heterocycles. The predicted octanol–water partition coefficient (Wildman–Crippen LogP) is 1.59. The second-order valence-corrected chi connectivity index (χ2v) is 7.71. The zero-order valence-electron chi connectivity index (χ0n) is 18.0. The molecule has 7 nitrogen and oxygen atoms in total. The molecule has 0 aromatic heterocycles. The second-order valence-electron chi connectivity index (χ2n) is 7.71. The van der Waals surface area contributed by atoms with Crippen molar-refractivity contribution in [2.24, 2.45) is 0 Å². The molecule has 2 aromatic rings. The summed E-state index contributed by atoms with van der Waals surface area (Å²) in [6.07, 6.45) is 1.26. The van der Waals surface area contributed by atoms with Crippen molar-refractivity contribution in [1.29, 1.82) is 0 Å². The molecular formula is C24H29N2O5+. The van der Waals surface area contributed by atoms with E-state index in [2.05, 4.69) is 10.1 Å². The van der Waals surface area contributed by atoms with Gasteiger partial charge in [0.2, 0.25) is 0 Å². The van der Waals surface area contributed by atoms with Gasteiger partial charge in [-0.3, -0.25) is 9.59 Å². The minimum absolute atomic E-state index is 0.107. The lowest BCUT2D eigenvalue weighted by Gasteiger charge is -2.38. The first-order valence-corrected chi connectivity index (χ1v) is 10.5. The Morgan fingerprint density at radius 2 is 1.65 bits per heavy atom. The van der Waals surface area contributed by atoms with Crippen LogP contribution in [0.2, 0.25) is 0 Å². The third kappa shape index (κ3) is 5.30. The Bertz CT molecular complexity index is 903. The smallest absolute Gasteiger partial charge is 0.337 e. The minimum atomic E-state index is -0.652. The van der Waals surface area contributed by atoms with Crippen LogP contribution in [0.5, 0.6) is 0 Å². The molecular weight excluding hydrogens is 396 g/mol. The number of nitrogens with one attached hydrogen (secondary N) is 2. The number of methoxy groups -OCH3 is 1. The molecule has 3 rings (SSSR count). The van der Waals surface area contributed by atoms with Gasteiger partial charge in [0, 0.05) is 18.5 Å². The number of esters is 2. The fourth-order valence-corrected chi connectivity index (χ4v) is 4.08. The molecule has 1 saturated heterocycles. The van der Waals surface area contributed by atoms with Crippen LogP contribution in [-0.4, -0.2) is 51.2 Å². The van der Waals surface area contributed by atoms with Crippen molar-refractivity contribution in [2.75, 3.05) is 38.7 Å². The normalized spacial score (nSPS) is 20.5. The number of rotatable bonds is 7. The number of piperidine rings is 1. The van der Waals surface area contributed by atoms with Crippen LogP contribution < -0.4 is 10.2 Å². The van der Waals surface area contributed by atoms with E-state index >= 15 is 0 Å². The standard InChI is InChI=1S/C24H28N2O5/c1-3-31-23(29)24(19-7-5-4-6-8-19)13-15-26(16-14-24)17-21(27)25-20-11-9-18(10-12-20)22(28)30-2/h4-12H,3,13-17H2,1-2H3,(H,25,27)/p+1. The van der Waals surface area contributed by atoms with Gasteiger partial charge in [-0.05, 0) is 36.8 Å². The fraction of sp³-hybridized carbons (Fsp3) is 0.375. The molecule has 0 aliphatic carbocycles. The number of amides is 1. The van der Waals surface area contributed by atoms with E-state index in [9.17, 15) is 14.4 Å². The highest BCUT2D eigenvalue weighted by atomic mass is 16.5. The van der Waals surface area contributed by atoms with Gasteiger partial charge in [-0.15, -0.1) is 0 Å². The number of benzene rings is 2. The molecule has 0 saturated carbocycles. The molecule has 31 heavy (non-hydrogen) atoms. The molecule has 0 atom stereocenters. The zero-order valence-corrected chi connectivity index (χ0v) is 18.0. The Morgan fingerprint density at radius 3 is 2.23 bits per heavy atom. The maximum absolute atomic E-state index is 12.8. The summed E-state index contributed by atoms with van der Waals surface area (Å²) in [6, 6.07) is 16.4. The summed E-state index contributed by atoms with van der Waals surface area (Å²) in [5, 5.41) is 2.87. The van der Waals surface area contributed by atoms with Gasteiger partial charge in [-0.25, -0.2) is 4.79 Å². The Balaban J connectivity index is 1.59. The maximum Gasteiger partial charge on any atom is 0.337 e. The van der Waals surface area contributed by atoms with Crippen LogP contribution in [0.15, 0.2) is 54.6 Å². The maximum atomic E-state index is 12.8. The number of likely N-dealkylation sites (tertiary alicyclic amines) is 1. The number of anilines is 1. The Hall–Kier alpha value is -3.19. The van der Waals surface area contributed by atoms with Crippen LogP contribution in [0, 0.1) is 0 Å². The summed E-state index contributed by atoms with van der Waals surface area (Å²) in [6.45, 7) is 3.87. The van der Waals surface area contributed by atoms with Gasteiger partial charge in [0.05, 0.1) is 32.4 Å². The van der Waals surface area contributed by atoms with Gasteiger partial charge in [-0.2, -0.15) is 0 Å². The van der Waals surface area contributed by atoms with E-state index in [0.717, 1.165) is 10.5 Å². The van der Waals surface area contributed by atoms with Gasteiger partial charge in [0.15, 0.2) is 6.54 Å². The van der Waals surface area contributed by atoms with E-state index in [1.165, 1.54) is 7.11 Å². The first-order chi connectivity index (χ1) is 15.0. The van der Waals surface area contributed by atoms with Crippen molar-refractivity contribution in [3.8, 4) is 0 Å². The fourth-order valence-electron chi connectivity index (χ4n) is 4.08. The zero-order chi connectivity index (χ0) is 22.3. The number of hydrogen-bond donors (Lipinski definition) is 2. The summed E-state index contributed by atoms with van der Waals surface area (Å²) in [5.74, 6) is -0.710. The molecule has 1 aliphatic rings. The van der Waals surface area contributed by atoms with E-state index in [0.29, 0.717) is 50.3 Å². The number of carbonyl (C=O) groups is 3. The van der Waals surface area contributed by atoms with Crippen LogP contribution in [-0.2, 0) is 24.5 Å². The molecule has 0 bridgehead atoms. The summed E-state index contributed by atoms with van der Waals surface area (Å²) in [7, 11) is 1.33. The van der Waals surface area contributed by atoms with Crippen molar-refractivity contribution >= 4 is 23.5 Å². The summed E-state index contributed by atoms with van der Waals surface area (Å²) in [5.41, 5.74) is 1.38. The average molecular weight is 426 g/mol. The van der Waals surface area contributed by atoms with Crippen LogP contribution in [0.3, 0.4) is 0 Å².